The lowest BCUT2D eigenvalue weighted by molar-refractivity contribution is -0.274. The summed E-state index contributed by atoms with van der Waals surface area (Å²) in [6.45, 7) is 3.54. The molecule has 0 bridgehead atoms. The van der Waals surface area contributed by atoms with E-state index in [1.807, 2.05) is 18.4 Å². The molecule has 0 atom stereocenters. The lowest BCUT2D eigenvalue weighted by Gasteiger charge is -2.14. The van der Waals surface area contributed by atoms with Crippen LogP contribution < -0.4 is 20.7 Å². The maximum absolute atomic E-state index is 12.5. The molecular formula is C19H24F3IN4O2S. The highest BCUT2D eigenvalue weighted by molar-refractivity contribution is 14.0. The molecular weight excluding hydrogens is 532 g/mol. The quantitative estimate of drug-likeness (QED) is 0.188. The SMILES string of the molecule is CCNC(=NCc1ccccc1OC(F)(F)F)NCCCNC(=O)c1cccs1.I. The number of para-hydroxylation sites is 1. The van der Waals surface area contributed by atoms with Gasteiger partial charge in [0.25, 0.3) is 5.91 Å². The summed E-state index contributed by atoms with van der Waals surface area (Å²) < 4.78 is 41.6. The fraction of sp³-hybridized carbons (Fsp3) is 0.368. The van der Waals surface area contributed by atoms with Crippen molar-refractivity contribution in [2.75, 3.05) is 19.6 Å². The van der Waals surface area contributed by atoms with Crippen molar-refractivity contribution in [3.8, 4) is 5.75 Å². The van der Waals surface area contributed by atoms with E-state index in [0.717, 1.165) is 0 Å². The number of amides is 1. The number of hydrogen-bond acceptors (Lipinski definition) is 4. The third kappa shape index (κ3) is 9.65. The summed E-state index contributed by atoms with van der Waals surface area (Å²) in [7, 11) is 0. The van der Waals surface area contributed by atoms with E-state index in [1.54, 1.807) is 12.1 Å². The van der Waals surface area contributed by atoms with Gasteiger partial charge in [-0.3, -0.25) is 4.79 Å². The first-order chi connectivity index (χ1) is 13.9. The number of nitrogens with zero attached hydrogens (tertiary/aromatic N) is 1. The zero-order valence-corrected chi connectivity index (χ0v) is 19.4. The first kappa shape index (κ1) is 26.0. The fourth-order valence-corrected chi connectivity index (χ4v) is 3.00. The molecule has 3 N–H and O–H groups in total. The monoisotopic (exact) mass is 556 g/mol. The van der Waals surface area contributed by atoms with Gasteiger partial charge in [-0.1, -0.05) is 24.3 Å². The lowest BCUT2D eigenvalue weighted by Crippen LogP contribution is -2.38. The first-order valence-electron chi connectivity index (χ1n) is 9.06. The molecule has 30 heavy (non-hydrogen) atoms. The van der Waals surface area contributed by atoms with Crippen molar-refractivity contribution in [3.63, 3.8) is 0 Å². The molecule has 0 saturated carbocycles. The minimum Gasteiger partial charge on any atom is -0.405 e. The minimum absolute atomic E-state index is 0. The minimum atomic E-state index is -4.75. The summed E-state index contributed by atoms with van der Waals surface area (Å²) in [6.07, 6.45) is -4.09. The Labute approximate surface area is 194 Å². The molecule has 6 nitrogen and oxygen atoms in total. The van der Waals surface area contributed by atoms with Crippen molar-refractivity contribution in [2.24, 2.45) is 4.99 Å². The molecule has 0 radical (unpaired) electrons. The Balaban J connectivity index is 0.00000450. The molecule has 0 spiro atoms. The van der Waals surface area contributed by atoms with Gasteiger partial charge in [-0.2, -0.15) is 0 Å². The van der Waals surface area contributed by atoms with Crippen LogP contribution in [0.3, 0.4) is 0 Å². The van der Waals surface area contributed by atoms with Gasteiger partial charge in [0.1, 0.15) is 5.75 Å². The molecule has 0 fully saturated rings. The molecule has 0 aliphatic carbocycles. The van der Waals surface area contributed by atoms with Gasteiger partial charge in [0.05, 0.1) is 11.4 Å². The van der Waals surface area contributed by atoms with Crippen LogP contribution in [0.2, 0.25) is 0 Å². The van der Waals surface area contributed by atoms with Crippen LogP contribution in [-0.4, -0.2) is 37.9 Å². The van der Waals surface area contributed by atoms with Crippen molar-refractivity contribution >= 4 is 47.2 Å². The van der Waals surface area contributed by atoms with Gasteiger partial charge in [-0.25, -0.2) is 4.99 Å². The average molecular weight is 556 g/mol. The number of guanidine groups is 1. The lowest BCUT2D eigenvalue weighted by atomic mass is 10.2. The maximum Gasteiger partial charge on any atom is 0.573 e. The Morgan fingerprint density at radius 1 is 1.10 bits per heavy atom. The predicted molar refractivity (Wildman–Crippen MR) is 123 cm³/mol. The van der Waals surface area contributed by atoms with Gasteiger partial charge in [0, 0.05) is 25.2 Å². The predicted octanol–water partition coefficient (Wildman–Crippen LogP) is 4.14. The molecule has 2 aromatic rings. The Kier molecular flexibility index (Phi) is 11.5. The molecule has 0 aliphatic heterocycles. The smallest absolute Gasteiger partial charge is 0.405 e. The van der Waals surface area contributed by atoms with Crippen LogP contribution in [0.15, 0.2) is 46.8 Å². The standard InChI is InChI=1S/C19H23F3N4O2S.HI/c1-2-23-18(25-11-6-10-24-17(27)16-9-5-12-29-16)26-13-14-7-3-4-8-15(14)28-19(20,21)22;/h3-5,7-9,12H,2,6,10-11,13H2,1H3,(H,24,27)(H2,23,25,26);1H. The average Bonchev–Trinajstić information content (AvgIpc) is 3.20. The molecule has 1 heterocycles. The highest BCUT2D eigenvalue weighted by Crippen LogP contribution is 2.26. The van der Waals surface area contributed by atoms with Gasteiger partial charge < -0.3 is 20.7 Å². The van der Waals surface area contributed by atoms with Gasteiger partial charge in [-0.15, -0.1) is 48.5 Å². The number of rotatable bonds is 9. The molecule has 1 aromatic carbocycles. The normalized spacial score (nSPS) is 11.4. The van der Waals surface area contributed by atoms with E-state index >= 15 is 0 Å². The van der Waals surface area contributed by atoms with Gasteiger partial charge >= 0.3 is 6.36 Å². The molecule has 0 saturated heterocycles. The number of hydrogen-bond donors (Lipinski definition) is 3. The number of alkyl halides is 3. The summed E-state index contributed by atoms with van der Waals surface area (Å²) >= 11 is 1.38. The summed E-state index contributed by atoms with van der Waals surface area (Å²) in [5, 5.41) is 10.8. The second-order valence-corrected chi connectivity index (χ2v) is 6.81. The van der Waals surface area contributed by atoms with Crippen molar-refractivity contribution in [3.05, 3.63) is 52.2 Å². The van der Waals surface area contributed by atoms with Gasteiger partial charge in [0.15, 0.2) is 5.96 Å². The summed E-state index contributed by atoms with van der Waals surface area (Å²) in [4.78, 5) is 16.8. The van der Waals surface area contributed by atoms with E-state index < -0.39 is 6.36 Å². The molecule has 2 rings (SSSR count). The number of carbonyl (C=O) groups excluding carboxylic acids is 1. The van der Waals surface area contributed by atoms with E-state index in [1.165, 1.54) is 29.5 Å². The number of thiophene rings is 1. The van der Waals surface area contributed by atoms with Crippen LogP contribution in [0, 0.1) is 0 Å². The van der Waals surface area contributed by atoms with Crippen LogP contribution in [0.4, 0.5) is 13.2 Å². The highest BCUT2D eigenvalue weighted by atomic mass is 127. The van der Waals surface area contributed by atoms with Crippen LogP contribution in [0.5, 0.6) is 5.75 Å². The zero-order chi connectivity index (χ0) is 21.1. The van der Waals surface area contributed by atoms with Crippen molar-refractivity contribution in [1.29, 1.82) is 0 Å². The van der Waals surface area contributed by atoms with Crippen molar-refractivity contribution in [2.45, 2.75) is 26.3 Å². The Hall–Kier alpha value is -2.02. The Bertz CT molecular complexity index is 801. The van der Waals surface area contributed by atoms with Gasteiger partial charge in [0.2, 0.25) is 0 Å². The second kappa shape index (κ2) is 13.3. The largest absolute Gasteiger partial charge is 0.573 e. The third-order valence-corrected chi connectivity index (χ3v) is 4.50. The molecule has 166 valence electrons. The molecule has 0 unspecified atom stereocenters. The number of benzene rings is 1. The van der Waals surface area contributed by atoms with E-state index in [2.05, 4.69) is 25.7 Å². The topological polar surface area (TPSA) is 74.8 Å². The fourth-order valence-electron chi connectivity index (χ4n) is 2.36. The number of aliphatic imine (C=N–C) groups is 1. The van der Waals surface area contributed by atoms with E-state index in [9.17, 15) is 18.0 Å². The number of halogens is 4. The van der Waals surface area contributed by atoms with Gasteiger partial charge in [-0.05, 0) is 30.9 Å². The summed E-state index contributed by atoms with van der Waals surface area (Å²) in [6, 6.07) is 9.48. The molecule has 1 amide bonds. The summed E-state index contributed by atoms with van der Waals surface area (Å²) in [5.41, 5.74) is 0.324. The van der Waals surface area contributed by atoms with Crippen molar-refractivity contribution in [1.82, 2.24) is 16.0 Å². The van der Waals surface area contributed by atoms with Crippen LogP contribution in [-0.2, 0) is 6.54 Å². The Morgan fingerprint density at radius 2 is 1.83 bits per heavy atom. The molecule has 1 aromatic heterocycles. The van der Waals surface area contributed by atoms with Crippen LogP contribution >= 0.6 is 35.3 Å². The number of nitrogens with one attached hydrogen (secondary N) is 3. The number of ether oxygens (including phenoxy) is 1. The molecule has 0 aliphatic rings. The molecule has 11 heteroatoms. The number of carbonyl (C=O) groups is 1. The highest BCUT2D eigenvalue weighted by Gasteiger charge is 2.31. The zero-order valence-electron chi connectivity index (χ0n) is 16.3. The van der Waals surface area contributed by atoms with Crippen LogP contribution in [0.25, 0.3) is 0 Å². The Morgan fingerprint density at radius 3 is 2.50 bits per heavy atom. The van der Waals surface area contributed by atoms with E-state index in [4.69, 9.17) is 0 Å². The van der Waals surface area contributed by atoms with Crippen molar-refractivity contribution < 1.29 is 22.7 Å². The second-order valence-electron chi connectivity index (χ2n) is 5.86. The van der Waals surface area contributed by atoms with Crippen LogP contribution in [0.1, 0.15) is 28.6 Å². The van der Waals surface area contributed by atoms with E-state index in [-0.39, 0.29) is 42.2 Å². The first-order valence-corrected chi connectivity index (χ1v) is 9.94. The maximum atomic E-state index is 12.5. The third-order valence-electron chi connectivity index (χ3n) is 3.63. The summed E-state index contributed by atoms with van der Waals surface area (Å²) in [5.74, 6) is 0.0941. The van der Waals surface area contributed by atoms with E-state index in [0.29, 0.717) is 42.5 Å².